The highest BCUT2D eigenvalue weighted by atomic mass is 15.3. The Morgan fingerprint density at radius 2 is 2.00 bits per heavy atom. The second-order valence-corrected chi connectivity index (χ2v) is 7.79. The summed E-state index contributed by atoms with van der Waals surface area (Å²) >= 11 is 0. The van der Waals surface area contributed by atoms with Crippen LogP contribution in [0.2, 0.25) is 0 Å². The van der Waals surface area contributed by atoms with Crippen molar-refractivity contribution in [2.45, 2.75) is 51.1 Å². The molecule has 2 fully saturated rings. The molecule has 0 aromatic heterocycles. The average molecular weight is 284 g/mol. The number of aryl methyl sites for hydroxylation is 1. The summed E-state index contributed by atoms with van der Waals surface area (Å²) in [4.78, 5) is 2.85. The van der Waals surface area contributed by atoms with E-state index in [4.69, 9.17) is 0 Å². The van der Waals surface area contributed by atoms with Crippen LogP contribution in [-0.2, 0) is 6.42 Å². The lowest BCUT2D eigenvalue weighted by Crippen LogP contribution is -2.46. The van der Waals surface area contributed by atoms with Crippen molar-refractivity contribution in [2.24, 2.45) is 11.8 Å². The first-order valence-corrected chi connectivity index (χ1v) is 8.73. The van der Waals surface area contributed by atoms with Crippen LogP contribution in [0.3, 0.4) is 0 Å². The van der Waals surface area contributed by atoms with Gasteiger partial charge in [-0.2, -0.15) is 0 Å². The van der Waals surface area contributed by atoms with Gasteiger partial charge in [-0.15, -0.1) is 0 Å². The zero-order chi connectivity index (χ0) is 14.4. The van der Waals surface area contributed by atoms with Gasteiger partial charge in [-0.25, -0.2) is 0 Å². The molecule has 3 atom stereocenters. The normalized spacial score (nSPS) is 35.2. The third kappa shape index (κ3) is 2.15. The van der Waals surface area contributed by atoms with Crippen molar-refractivity contribution in [3.63, 3.8) is 0 Å². The Hall–Kier alpha value is -0.860. The van der Waals surface area contributed by atoms with E-state index >= 15 is 0 Å². The predicted molar refractivity (Wildman–Crippen MR) is 87.4 cm³/mol. The molecule has 2 nitrogen and oxygen atoms in total. The monoisotopic (exact) mass is 284 g/mol. The van der Waals surface area contributed by atoms with Crippen molar-refractivity contribution in [1.82, 2.24) is 10.2 Å². The molecule has 0 radical (unpaired) electrons. The van der Waals surface area contributed by atoms with Gasteiger partial charge in [0.1, 0.15) is 0 Å². The van der Waals surface area contributed by atoms with Crippen molar-refractivity contribution in [3.05, 3.63) is 35.4 Å². The SMILES string of the molecule is CC1(C)C2CNCC2CN1C1CCCCc2ccccc21. The zero-order valence-electron chi connectivity index (χ0n) is 13.4. The molecule has 114 valence electrons. The molecule has 3 aliphatic rings. The van der Waals surface area contributed by atoms with Crippen molar-refractivity contribution in [3.8, 4) is 0 Å². The minimum atomic E-state index is 0.330. The molecule has 4 rings (SSSR count). The number of hydrogen-bond acceptors (Lipinski definition) is 2. The predicted octanol–water partition coefficient (Wildman–Crippen LogP) is 3.38. The summed E-state index contributed by atoms with van der Waals surface area (Å²) in [6.45, 7) is 8.68. The molecular formula is C19H28N2. The van der Waals surface area contributed by atoms with Crippen LogP contribution in [0.4, 0.5) is 0 Å². The number of fused-ring (bicyclic) bond motifs is 2. The summed E-state index contributed by atoms with van der Waals surface area (Å²) in [6.07, 6.45) is 5.35. The molecule has 3 unspecified atom stereocenters. The molecule has 1 aliphatic carbocycles. The fourth-order valence-corrected chi connectivity index (χ4v) is 5.20. The summed E-state index contributed by atoms with van der Waals surface area (Å²) in [6, 6.07) is 9.86. The Morgan fingerprint density at radius 3 is 2.86 bits per heavy atom. The van der Waals surface area contributed by atoms with Gasteiger partial charge in [0.2, 0.25) is 0 Å². The van der Waals surface area contributed by atoms with Crippen molar-refractivity contribution >= 4 is 0 Å². The van der Waals surface area contributed by atoms with Crippen LogP contribution in [0, 0.1) is 11.8 Å². The van der Waals surface area contributed by atoms with Crippen LogP contribution in [0.25, 0.3) is 0 Å². The maximum absolute atomic E-state index is 3.61. The van der Waals surface area contributed by atoms with Crippen LogP contribution in [-0.4, -0.2) is 30.1 Å². The summed E-state index contributed by atoms with van der Waals surface area (Å²) in [5.74, 6) is 1.68. The maximum Gasteiger partial charge on any atom is 0.0356 e. The topological polar surface area (TPSA) is 15.3 Å². The lowest BCUT2D eigenvalue weighted by molar-refractivity contribution is 0.0831. The minimum Gasteiger partial charge on any atom is -0.316 e. The number of nitrogens with one attached hydrogen (secondary N) is 1. The van der Waals surface area contributed by atoms with Gasteiger partial charge >= 0.3 is 0 Å². The lowest BCUT2D eigenvalue weighted by Gasteiger charge is -2.41. The highest BCUT2D eigenvalue weighted by Gasteiger charge is 2.51. The Balaban J connectivity index is 1.70. The number of benzene rings is 1. The number of likely N-dealkylation sites (tertiary alicyclic amines) is 1. The summed E-state index contributed by atoms with van der Waals surface area (Å²) in [5.41, 5.74) is 3.55. The Kier molecular flexibility index (Phi) is 3.35. The highest BCUT2D eigenvalue weighted by molar-refractivity contribution is 5.32. The molecule has 0 bridgehead atoms. The second-order valence-electron chi connectivity index (χ2n) is 7.79. The summed E-state index contributed by atoms with van der Waals surface area (Å²) in [7, 11) is 0. The largest absolute Gasteiger partial charge is 0.316 e. The Bertz CT molecular complexity index is 522. The van der Waals surface area contributed by atoms with Gasteiger partial charge in [0.15, 0.2) is 0 Å². The van der Waals surface area contributed by atoms with Crippen molar-refractivity contribution < 1.29 is 0 Å². The van der Waals surface area contributed by atoms with Gasteiger partial charge in [0.25, 0.3) is 0 Å². The molecule has 2 heterocycles. The van der Waals surface area contributed by atoms with Gasteiger partial charge in [-0.1, -0.05) is 30.7 Å². The molecule has 2 aliphatic heterocycles. The Morgan fingerprint density at radius 1 is 1.14 bits per heavy atom. The summed E-state index contributed by atoms with van der Waals surface area (Å²) < 4.78 is 0. The molecule has 1 N–H and O–H groups in total. The molecule has 1 aromatic rings. The third-order valence-corrected chi connectivity index (χ3v) is 6.38. The van der Waals surface area contributed by atoms with E-state index in [9.17, 15) is 0 Å². The molecule has 0 amide bonds. The van der Waals surface area contributed by atoms with E-state index in [-0.39, 0.29) is 0 Å². The van der Waals surface area contributed by atoms with Crippen LogP contribution in [0.1, 0.15) is 50.3 Å². The molecule has 21 heavy (non-hydrogen) atoms. The van der Waals surface area contributed by atoms with E-state index in [0.717, 1.165) is 11.8 Å². The molecule has 1 aromatic carbocycles. The third-order valence-electron chi connectivity index (χ3n) is 6.38. The Labute approximate surface area is 128 Å². The van der Waals surface area contributed by atoms with Crippen LogP contribution < -0.4 is 5.32 Å². The fraction of sp³-hybridized carbons (Fsp3) is 0.684. The first-order valence-electron chi connectivity index (χ1n) is 8.73. The highest BCUT2D eigenvalue weighted by Crippen LogP contribution is 2.47. The van der Waals surface area contributed by atoms with E-state index < -0.39 is 0 Å². The quantitative estimate of drug-likeness (QED) is 0.795. The van der Waals surface area contributed by atoms with Crippen LogP contribution in [0.15, 0.2) is 24.3 Å². The average Bonchev–Trinajstić information content (AvgIpc) is 2.96. The van der Waals surface area contributed by atoms with Gasteiger partial charge in [-0.05, 0) is 62.6 Å². The van der Waals surface area contributed by atoms with E-state index in [1.165, 1.54) is 45.3 Å². The maximum atomic E-state index is 3.61. The first kappa shape index (κ1) is 13.8. The van der Waals surface area contributed by atoms with Crippen LogP contribution in [0.5, 0.6) is 0 Å². The molecule has 2 heteroatoms. The van der Waals surface area contributed by atoms with E-state index in [1.807, 2.05) is 0 Å². The number of rotatable bonds is 1. The van der Waals surface area contributed by atoms with Gasteiger partial charge in [0, 0.05) is 24.7 Å². The fourth-order valence-electron chi connectivity index (χ4n) is 5.20. The smallest absolute Gasteiger partial charge is 0.0356 e. The molecule has 0 saturated carbocycles. The minimum absolute atomic E-state index is 0.330. The molecule has 2 saturated heterocycles. The second kappa shape index (κ2) is 5.10. The first-order chi connectivity index (χ1) is 10.2. The van der Waals surface area contributed by atoms with E-state index in [0.29, 0.717) is 11.6 Å². The lowest BCUT2D eigenvalue weighted by atomic mass is 9.84. The molecular weight excluding hydrogens is 256 g/mol. The van der Waals surface area contributed by atoms with Crippen LogP contribution >= 0.6 is 0 Å². The van der Waals surface area contributed by atoms with Gasteiger partial charge in [-0.3, -0.25) is 4.90 Å². The standard InChI is InChI=1S/C19H28N2/c1-19(2)17-12-20-11-15(17)13-21(19)18-10-6-4-8-14-7-3-5-9-16(14)18/h3,5,7,9,15,17-18,20H,4,6,8,10-13H2,1-2H3. The van der Waals surface area contributed by atoms with E-state index in [2.05, 4.69) is 48.3 Å². The molecule has 0 spiro atoms. The van der Waals surface area contributed by atoms with Crippen molar-refractivity contribution in [2.75, 3.05) is 19.6 Å². The summed E-state index contributed by atoms with van der Waals surface area (Å²) in [5, 5.41) is 3.61. The van der Waals surface area contributed by atoms with E-state index in [1.54, 1.807) is 11.1 Å². The van der Waals surface area contributed by atoms with Gasteiger partial charge < -0.3 is 5.32 Å². The number of nitrogens with zero attached hydrogens (tertiary/aromatic N) is 1. The van der Waals surface area contributed by atoms with Crippen molar-refractivity contribution in [1.29, 1.82) is 0 Å². The zero-order valence-corrected chi connectivity index (χ0v) is 13.4. The van der Waals surface area contributed by atoms with Gasteiger partial charge in [0.05, 0.1) is 0 Å². The number of hydrogen-bond donors (Lipinski definition) is 1.